The monoisotopic (exact) mass is 127 g/mol. The van der Waals surface area contributed by atoms with E-state index in [1.54, 1.807) is 6.92 Å². The predicted molar refractivity (Wildman–Crippen MR) is 33.0 cm³/mol. The van der Waals surface area contributed by atoms with Crippen LogP contribution in [0.5, 0.6) is 5.75 Å². The van der Waals surface area contributed by atoms with Gasteiger partial charge in [-0.05, 0) is 6.92 Å². The number of furan rings is 1. The van der Waals surface area contributed by atoms with Crippen molar-refractivity contribution in [3.05, 3.63) is 18.1 Å². The SMILES string of the molecule is C[C@H](N)c1cc(O)co1. The molecular formula is C6H9NO2. The summed E-state index contributed by atoms with van der Waals surface area (Å²) < 4.78 is 4.85. The Kier molecular flexibility index (Phi) is 1.44. The van der Waals surface area contributed by atoms with Gasteiger partial charge in [-0.1, -0.05) is 0 Å². The minimum absolute atomic E-state index is 0.127. The second kappa shape index (κ2) is 2.11. The number of rotatable bonds is 1. The Bertz CT molecular complexity index is 193. The van der Waals surface area contributed by atoms with E-state index in [9.17, 15) is 0 Å². The standard InChI is InChI=1S/C6H9NO2/c1-4(7)6-2-5(8)3-9-6/h2-4,8H,7H2,1H3/t4-/m0/s1. The van der Waals surface area contributed by atoms with Crippen LogP contribution in [0.2, 0.25) is 0 Å². The van der Waals surface area contributed by atoms with Crippen LogP contribution in [-0.4, -0.2) is 5.11 Å². The van der Waals surface area contributed by atoms with Crippen LogP contribution in [0.25, 0.3) is 0 Å². The van der Waals surface area contributed by atoms with Gasteiger partial charge in [-0.15, -0.1) is 0 Å². The number of nitrogens with two attached hydrogens (primary N) is 1. The minimum Gasteiger partial charge on any atom is -0.505 e. The molecule has 0 spiro atoms. The molecule has 0 saturated carbocycles. The summed E-state index contributed by atoms with van der Waals surface area (Å²) in [5.41, 5.74) is 5.42. The van der Waals surface area contributed by atoms with Crippen LogP contribution >= 0.6 is 0 Å². The molecule has 0 aliphatic heterocycles. The predicted octanol–water partition coefficient (Wildman–Crippen LogP) is 1.00. The highest BCUT2D eigenvalue weighted by molar-refractivity contribution is 5.18. The molecule has 3 N–H and O–H groups in total. The second-order valence-electron chi connectivity index (χ2n) is 2.00. The summed E-state index contributed by atoms with van der Waals surface area (Å²) in [6.45, 7) is 1.79. The lowest BCUT2D eigenvalue weighted by atomic mass is 10.3. The highest BCUT2D eigenvalue weighted by Crippen LogP contribution is 2.17. The minimum atomic E-state index is -0.147. The highest BCUT2D eigenvalue weighted by atomic mass is 16.4. The van der Waals surface area contributed by atoms with Gasteiger partial charge in [0.05, 0.1) is 6.04 Å². The van der Waals surface area contributed by atoms with Crippen molar-refractivity contribution >= 4 is 0 Å². The molecule has 0 radical (unpaired) electrons. The van der Waals surface area contributed by atoms with Crippen molar-refractivity contribution in [3.63, 3.8) is 0 Å². The quantitative estimate of drug-likeness (QED) is 0.591. The first-order chi connectivity index (χ1) is 4.20. The lowest BCUT2D eigenvalue weighted by Crippen LogP contribution is -2.02. The first kappa shape index (κ1) is 6.16. The smallest absolute Gasteiger partial charge is 0.154 e. The Labute approximate surface area is 53.1 Å². The van der Waals surface area contributed by atoms with Gasteiger partial charge in [0, 0.05) is 6.07 Å². The molecule has 1 aromatic heterocycles. The van der Waals surface area contributed by atoms with Crippen LogP contribution in [0.4, 0.5) is 0 Å². The zero-order chi connectivity index (χ0) is 6.85. The maximum Gasteiger partial charge on any atom is 0.154 e. The fourth-order valence-corrected chi connectivity index (χ4v) is 0.581. The molecule has 50 valence electrons. The van der Waals surface area contributed by atoms with Gasteiger partial charge in [0.2, 0.25) is 0 Å². The van der Waals surface area contributed by atoms with Crippen molar-refractivity contribution in [3.8, 4) is 5.75 Å². The third-order valence-corrected chi connectivity index (χ3v) is 1.05. The molecule has 0 amide bonds. The fraction of sp³-hybridized carbons (Fsp3) is 0.333. The largest absolute Gasteiger partial charge is 0.505 e. The van der Waals surface area contributed by atoms with Gasteiger partial charge in [0.25, 0.3) is 0 Å². The number of hydrogen-bond donors (Lipinski definition) is 2. The van der Waals surface area contributed by atoms with E-state index in [0.717, 1.165) is 0 Å². The molecule has 3 heteroatoms. The lowest BCUT2D eigenvalue weighted by Gasteiger charge is -1.95. The van der Waals surface area contributed by atoms with Crippen molar-refractivity contribution in [1.82, 2.24) is 0 Å². The van der Waals surface area contributed by atoms with Crippen LogP contribution in [0, 0.1) is 0 Å². The summed E-state index contributed by atoms with van der Waals surface area (Å²) >= 11 is 0. The molecule has 3 nitrogen and oxygen atoms in total. The van der Waals surface area contributed by atoms with Crippen LogP contribution in [0.1, 0.15) is 18.7 Å². The van der Waals surface area contributed by atoms with E-state index in [4.69, 9.17) is 15.3 Å². The molecule has 9 heavy (non-hydrogen) atoms. The first-order valence-electron chi connectivity index (χ1n) is 2.73. The maximum absolute atomic E-state index is 8.75. The molecule has 1 aromatic rings. The van der Waals surface area contributed by atoms with Crippen LogP contribution in [0.3, 0.4) is 0 Å². The van der Waals surface area contributed by atoms with Crippen LogP contribution in [-0.2, 0) is 0 Å². The van der Waals surface area contributed by atoms with Gasteiger partial charge in [-0.2, -0.15) is 0 Å². The van der Waals surface area contributed by atoms with E-state index < -0.39 is 0 Å². The Morgan fingerprint density at radius 3 is 2.67 bits per heavy atom. The van der Waals surface area contributed by atoms with Crippen molar-refractivity contribution in [2.45, 2.75) is 13.0 Å². The van der Waals surface area contributed by atoms with Gasteiger partial charge in [0.1, 0.15) is 12.0 Å². The number of hydrogen-bond acceptors (Lipinski definition) is 3. The zero-order valence-electron chi connectivity index (χ0n) is 5.16. The van der Waals surface area contributed by atoms with Crippen molar-refractivity contribution in [1.29, 1.82) is 0 Å². The van der Waals surface area contributed by atoms with Gasteiger partial charge < -0.3 is 15.3 Å². The molecule has 0 fully saturated rings. The molecule has 0 aliphatic rings. The van der Waals surface area contributed by atoms with Crippen LogP contribution in [0.15, 0.2) is 16.7 Å². The maximum atomic E-state index is 8.75. The molecule has 1 atom stereocenters. The molecule has 0 aliphatic carbocycles. The van der Waals surface area contributed by atoms with Gasteiger partial charge in [-0.3, -0.25) is 0 Å². The summed E-state index contributed by atoms with van der Waals surface area (Å²) in [5.74, 6) is 0.731. The Morgan fingerprint density at radius 1 is 1.78 bits per heavy atom. The second-order valence-corrected chi connectivity index (χ2v) is 2.00. The van der Waals surface area contributed by atoms with E-state index in [-0.39, 0.29) is 11.8 Å². The third kappa shape index (κ3) is 1.23. The van der Waals surface area contributed by atoms with E-state index in [1.165, 1.54) is 12.3 Å². The molecule has 0 saturated heterocycles. The summed E-state index contributed by atoms with van der Waals surface area (Å²) in [6, 6.07) is 1.36. The summed E-state index contributed by atoms with van der Waals surface area (Å²) in [4.78, 5) is 0. The fourth-order valence-electron chi connectivity index (χ4n) is 0.581. The average molecular weight is 127 g/mol. The molecule has 0 bridgehead atoms. The van der Waals surface area contributed by atoms with Crippen molar-refractivity contribution in [2.24, 2.45) is 5.73 Å². The van der Waals surface area contributed by atoms with Crippen molar-refractivity contribution < 1.29 is 9.52 Å². The Balaban J connectivity index is 2.85. The summed E-state index contributed by atoms with van der Waals surface area (Å²) in [6.07, 6.45) is 1.26. The van der Waals surface area contributed by atoms with Gasteiger partial charge >= 0.3 is 0 Å². The normalized spacial score (nSPS) is 13.6. The van der Waals surface area contributed by atoms with Crippen LogP contribution < -0.4 is 5.73 Å². The average Bonchev–Trinajstić information content (AvgIpc) is 2.14. The van der Waals surface area contributed by atoms with E-state index in [2.05, 4.69) is 0 Å². The lowest BCUT2D eigenvalue weighted by molar-refractivity contribution is 0.444. The topological polar surface area (TPSA) is 59.4 Å². The van der Waals surface area contributed by atoms with E-state index in [0.29, 0.717) is 5.76 Å². The Hall–Kier alpha value is -0.960. The summed E-state index contributed by atoms with van der Waals surface area (Å²) in [7, 11) is 0. The first-order valence-corrected chi connectivity index (χ1v) is 2.73. The van der Waals surface area contributed by atoms with E-state index in [1.807, 2.05) is 0 Å². The molecule has 1 rings (SSSR count). The summed E-state index contributed by atoms with van der Waals surface area (Å²) in [5, 5.41) is 8.75. The van der Waals surface area contributed by atoms with Gasteiger partial charge in [0.15, 0.2) is 5.75 Å². The third-order valence-electron chi connectivity index (χ3n) is 1.05. The van der Waals surface area contributed by atoms with Crippen molar-refractivity contribution in [2.75, 3.05) is 0 Å². The molecule has 1 heterocycles. The Morgan fingerprint density at radius 2 is 2.44 bits per heavy atom. The molecule has 0 aromatic carbocycles. The number of aromatic hydroxyl groups is 1. The van der Waals surface area contributed by atoms with E-state index >= 15 is 0 Å². The highest BCUT2D eigenvalue weighted by Gasteiger charge is 2.03. The zero-order valence-corrected chi connectivity index (χ0v) is 5.16. The van der Waals surface area contributed by atoms with Gasteiger partial charge in [-0.25, -0.2) is 0 Å². The molecule has 0 unspecified atom stereocenters. The molecular weight excluding hydrogens is 118 g/mol.